The predicted octanol–water partition coefficient (Wildman–Crippen LogP) is 5.38. The Labute approximate surface area is 152 Å². The smallest absolute Gasteiger partial charge is 0.137 e. The lowest BCUT2D eigenvalue weighted by atomic mass is 9.86. The molecule has 0 aliphatic heterocycles. The van der Waals surface area contributed by atoms with Crippen LogP contribution in [0.3, 0.4) is 0 Å². The van der Waals surface area contributed by atoms with Gasteiger partial charge < -0.3 is 9.47 Å². The summed E-state index contributed by atoms with van der Waals surface area (Å²) in [6.45, 7) is 9.37. The highest BCUT2D eigenvalue weighted by Gasteiger charge is 2.19. The quantitative estimate of drug-likeness (QED) is 0.646. The Morgan fingerprint density at radius 3 is 2.29 bits per heavy atom. The molecule has 2 rings (SSSR count). The van der Waals surface area contributed by atoms with Crippen LogP contribution in [0.5, 0.6) is 11.5 Å². The number of aryl methyl sites for hydroxylation is 1. The molecular formula is C20H22BrNO2. The molecule has 0 unspecified atom stereocenters. The van der Waals surface area contributed by atoms with Crippen LogP contribution in [0.1, 0.15) is 37.5 Å². The van der Waals surface area contributed by atoms with Gasteiger partial charge in [-0.1, -0.05) is 48.8 Å². The average molecular weight is 388 g/mol. The van der Waals surface area contributed by atoms with E-state index in [0.717, 1.165) is 10.2 Å². The highest BCUT2D eigenvalue weighted by Crippen LogP contribution is 2.32. The van der Waals surface area contributed by atoms with Gasteiger partial charge in [-0.2, -0.15) is 5.26 Å². The Morgan fingerprint density at radius 1 is 1.00 bits per heavy atom. The molecule has 0 spiro atoms. The normalized spacial score (nSPS) is 11.0. The number of rotatable bonds is 5. The fraction of sp³-hybridized carbons (Fsp3) is 0.350. The van der Waals surface area contributed by atoms with E-state index in [1.165, 1.54) is 11.1 Å². The third-order valence-corrected chi connectivity index (χ3v) is 4.10. The summed E-state index contributed by atoms with van der Waals surface area (Å²) >= 11 is 3.35. The van der Waals surface area contributed by atoms with Crippen molar-refractivity contribution < 1.29 is 9.47 Å². The van der Waals surface area contributed by atoms with Gasteiger partial charge in [-0.15, -0.1) is 0 Å². The summed E-state index contributed by atoms with van der Waals surface area (Å²) in [4.78, 5) is 0. The van der Waals surface area contributed by atoms with E-state index in [4.69, 9.17) is 14.7 Å². The lowest BCUT2D eigenvalue weighted by Crippen LogP contribution is -2.16. The molecule has 126 valence electrons. The minimum atomic E-state index is 0.0174. The Balaban J connectivity index is 2.01. The number of hydrogen-bond acceptors (Lipinski definition) is 3. The molecule has 0 amide bonds. The summed E-state index contributed by atoms with van der Waals surface area (Å²) in [5.41, 5.74) is 2.87. The van der Waals surface area contributed by atoms with Crippen molar-refractivity contribution in [3.63, 3.8) is 0 Å². The SMILES string of the molecule is Cc1ccc(C(C)(C)C)c(OCCOc2ccc(Br)cc2C#N)c1. The maximum Gasteiger partial charge on any atom is 0.137 e. The van der Waals surface area contributed by atoms with Crippen LogP contribution in [-0.4, -0.2) is 13.2 Å². The van der Waals surface area contributed by atoms with Crippen molar-refractivity contribution in [2.75, 3.05) is 13.2 Å². The summed E-state index contributed by atoms with van der Waals surface area (Å²) in [6.07, 6.45) is 0. The van der Waals surface area contributed by atoms with E-state index >= 15 is 0 Å². The number of nitrogens with zero attached hydrogens (tertiary/aromatic N) is 1. The number of benzene rings is 2. The van der Waals surface area contributed by atoms with Gasteiger partial charge >= 0.3 is 0 Å². The van der Waals surface area contributed by atoms with Gasteiger partial charge in [-0.3, -0.25) is 0 Å². The summed E-state index contributed by atoms with van der Waals surface area (Å²) in [6, 6.07) is 13.8. The first-order valence-corrected chi connectivity index (χ1v) is 8.67. The minimum Gasteiger partial charge on any atom is -0.490 e. The zero-order valence-electron chi connectivity index (χ0n) is 14.5. The van der Waals surface area contributed by atoms with Gasteiger partial charge in [0.15, 0.2) is 0 Å². The molecule has 2 aromatic carbocycles. The molecule has 0 N–H and O–H groups in total. The predicted molar refractivity (Wildman–Crippen MR) is 99.7 cm³/mol. The van der Waals surface area contributed by atoms with E-state index < -0.39 is 0 Å². The highest BCUT2D eigenvalue weighted by atomic mass is 79.9. The molecule has 0 heterocycles. The standard InChI is InChI=1S/C20H22BrNO2/c1-14-5-7-17(20(2,3)4)19(11-14)24-10-9-23-18-8-6-16(21)12-15(18)13-22/h5-8,11-12H,9-10H2,1-4H3. The summed E-state index contributed by atoms with van der Waals surface area (Å²) in [5, 5.41) is 9.15. The average Bonchev–Trinajstić information content (AvgIpc) is 2.51. The van der Waals surface area contributed by atoms with Crippen molar-refractivity contribution in [2.24, 2.45) is 0 Å². The Morgan fingerprint density at radius 2 is 1.67 bits per heavy atom. The molecule has 0 saturated carbocycles. The molecule has 0 radical (unpaired) electrons. The van der Waals surface area contributed by atoms with E-state index in [1.807, 2.05) is 6.07 Å². The summed E-state index contributed by atoms with van der Waals surface area (Å²) < 4.78 is 12.5. The van der Waals surface area contributed by atoms with Crippen molar-refractivity contribution in [3.8, 4) is 17.6 Å². The number of halogens is 1. The van der Waals surface area contributed by atoms with Gasteiger partial charge in [0.05, 0.1) is 5.56 Å². The molecule has 0 atom stereocenters. The topological polar surface area (TPSA) is 42.2 Å². The molecule has 4 heteroatoms. The molecule has 0 saturated heterocycles. The van der Waals surface area contributed by atoms with Gasteiger partial charge in [0.1, 0.15) is 30.8 Å². The van der Waals surface area contributed by atoms with E-state index in [9.17, 15) is 0 Å². The van der Waals surface area contributed by atoms with Gasteiger partial charge in [-0.05, 0) is 47.7 Å². The second-order valence-corrected chi connectivity index (χ2v) is 7.61. The van der Waals surface area contributed by atoms with Crippen LogP contribution in [0, 0.1) is 18.3 Å². The Kier molecular flexibility index (Phi) is 5.90. The van der Waals surface area contributed by atoms with Crippen LogP contribution >= 0.6 is 15.9 Å². The number of nitriles is 1. The second-order valence-electron chi connectivity index (χ2n) is 6.70. The van der Waals surface area contributed by atoms with Crippen molar-refractivity contribution in [1.82, 2.24) is 0 Å². The maximum atomic E-state index is 9.15. The monoisotopic (exact) mass is 387 g/mol. The fourth-order valence-electron chi connectivity index (χ4n) is 2.39. The van der Waals surface area contributed by atoms with Crippen molar-refractivity contribution in [3.05, 3.63) is 57.6 Å². The van der Waals surface area contributed by atoms with Crippen LogP contribution < -0.4 is 9.47 Å². The molecule has 0 aliphatic carbocycles. The highest BCUT2D eigenvalue weighted by molar-refractivity contribution is 9.10. The maximum absolute atomic E-state index is 9.15. The lowest BCUT2D eigenvalue weighted by molar-refractivity contribution is 0.214. The molecule has 0 aliphatic rings. The molecule has 3 nitrogen and oxygen atoms in total. The first-order chi connectivity index (χ1) is 11.3. The van der Waals surface area contributed by atoms with Gasteiger partial charge in [0.25, 0.3) is 0 Å². The molecule has 0 fully saturated rings. The molecule has 24 heavy (non-hydrogen) atoms. The molecule has 0 bridgehead atoms. The van der Waals surface area contributed by atoms with Crippen molar-refractivity contribution in [1.29, 1.82) is 5.26 Å². The van der Waals surface area contributed by atoms with E-state index in [2.05, 4.69) is 67.9 Å². The second kappa shape index (κ2) is 7.72. The van der Waals surface area contributed by atoms with Gasteiger partial charge in [-0.25, -0.2) is 0 Å². The zero-order chi connectivity index (χ0) is 17.7. The third-order valence-electron chi connectivity index (χ3n) is 3.61. The summed E-state index contributed by atoms with van der Waals surface area (Å²) in [5.74, 6) is 1.46. The summed E-state index contributed by atoms with van der Waals surface area (Å²) in [7, 11) is 0. The molecule has 0 aromatic heterocycles. The first kappa shape index (κ1) is 18.4. The zero-order valence-corrected chi connectivity index (χ0v) is 16.1. The number of hydrogen-bond donors (Lipinski definition) is 0. The van der Waals surface area contributed by atoms with E-state index in [0.29, 0.717) is 24.5 Å². The van der Waals surface area contributed by atoms with Crippen LogP contribution in [0.25, 0.3) is 0 Å². The minimum absolute atomic E-state index is 0.0174. The third kappa shape index (κ3) is 4.75. The van der Waals surface area contributed by atoms with Gasteiger partial charge in [0, 0.05) is 4.47 Å². The van der Waals surface area contributed by atoms with E-state index in [-0.39, 0.29) is 5.41 Å². The van der Waals surface area contributed by atoms with Crippen molar-refractivity contribution >= 4 is 15.9 Å². The lowest BCUT2D eigenvalue weighted by Gasteiger charge is -2.23. The largest absolute Gasteiger partial charge is 0.490 e. The number of ether oxygens (including phenoxy) is 2. The molecule has 2 aromatic rings. The van der Waals surface area contributed by atoms with Crippen LogP contribution in [0.15, 0.2) is 40.9 Å². The fourth-order valence-corrected chi connectivity index (χ4v) is 2.75. The first-order valence-electron chi connectivity index (χ1n) is 7.87. The Hall–Kier alpha value is -1.99. The van der Waals surface area contributed by atoms with Gasteiger partial charge in [0.2, 0.25) is 0 Å². The van der Waals surface area contributed by atoms with Crippen molar-refractivity contribution in [2.45, 2.75) is 33.1 Å². The van der Waals surface area contributed by atoms with E-state index in [1.54, 1.807) is 12.1 Å². The Bertz CT molecular complexity index is 757. The van der Waals surface area contributed by atoms with Crippen LogP contribution in [-0.2, 0) is 5.41 Å². The van der Waals surface area contributed by atoms with Crippen LogP contribution in [0.2, 0.25) is 0 Å². The molecular weight excluding hydrogens is 366 g/mol. The van der Waals surface area contributed by atoms with Crippen LogP contribution in [0.4, 0.5) is 0 Å².